The van der Waals surface area contributed by atoms with Gasteiger partial charge in [0.2, 0.25) is 5.91 Å². The van der Waals surface area contributed by atoms with Crippen LogP contribution in [0.2, 0.25) is 0 Å². The lowest BCUT2D eigenvalue weighted by Gasteiger charge is -2.24. The van der Waals surface area contributed by atoms with Gasteiger partial charge in [-0.25, -0.2) is 8.42 Å². The topological polar surface area (TPSA) is 104 Å². The van der Waals surface area contributed by atoms with Gasteiger partial charge in [-0.05, 0) is 18.9 Å². The molecule has 1 amide bonds. The third kappa shape index (κ3) is 5.10. The van der Waals surface area contributed by atoms with Crippen LogP contribution in [-0.4, -0.2) is 58.3 Å². The fourth-order valence-corrected chi connectivity index (χ4v) is 7.23. The minimum absolute atomic E-state index is 0.0691. The molecule has 2 fully saturated rings. The van der Waals surface area contributed by atoms with E-state index in [2.05, 4.69) is 4.99 Å². The molecule has 2 atom stereocenters. The van der Waals surface area contributed by atoms with Gasteiger partial charge in [0.1, 0.15) is 0 Å². The molecule has 2 aliphatic rings. The van der Waals surface area contributed by atoms with Crippen molar-refractivity contribution in [2.45, 2.75) is 44.0 Å². The standard InChI is InChI=1S/C18H22N2O5S2/c1-12-5-7-13(8-6-12)9-20-14-10-27(24,25)11-15(14)26-18(20)19-16(21)3-2-4-17(22)23/h5-8,14-15H,2-4,9-11H2,1H3,(H,22,23)/t14-,15-/m1/s1. The third-order valence-electron chi connectivity index (χ3n) is 4.65. The van der Waals surface area contributed by atoms with E-state index in [0.29, 0.717) is 11.7 Å². The van der Waals surface area contributed by atoms with Gasteiger partial charge in [-0.1, -0.05) is 41.6 Å². The highest BCUT2D eigenvalue weighted by atomic mass is 32.2. The van der Waals surface area contributed by atoms with E-state index in [1.54, 1.807) is 0 Å². The molecule has 27 heavy (non-hydrogen) atoms. The SMILES string of the molecule is Cc1ccc(CN2C(=NC(=O)CCCC(=O)O)S[C@@H]3CS(=O)(=O)C[C@H]32)cc1. The van der Waals surface area contributed by atoms with Crippen molar-refractivity contribution in [3.63, 3.8) is 0 Å². The van der Waals surface area contributed by atoms with E-state index in [4.69, 9.17) is 5.11 Å². The molecular formula is C18H22N2O5S2. The summed E-state index contributed by atoms with van der Waals surface area (Å²) in [7, 11) is -3.08. The van der Waals surface area contributed by atoms with Crippen LogP contribution in [0.4, 0.5) is 0 Å². The van der Waals surface area contributed by atoms with Gasteiger partial charge in [0.05, 0.1) is 17.5 Å². The third-order valence-corrected chi connectivity index (χ3v) is 7.90. The number of rotatable bonds is 6. The molecule has 146 valence electrons. The zero-order valence-electron chi connectivity index (χ0n) is 15.0. The first-order chi connectivity index (χ1) is 12.7. The average molecular weight is 411 g/mol. The Labute approximate surface area is 162 Å². The van der Waals surface area contributed by atoms with Crippen LogP contribution >= 0.6 is 11.8 Å². The molecular weight excluding hydrogens is 388 g/mol. The fourth-order valence-electron chi connectivity index (χ4n) is 3.26. The van der Waals surface area contributed by atoms with Crippen molar-refractivity contribution in [1.29, 1.82) is 0 Å². The number of carboxylic acid groups (broad SMARTS) is 1. The second-order valence-corrected chi connectivity index (χ2v) is 10.3. The number of hydrogen-bond acceptors (Lipinski definition) is 5. The van der Waals surface area contributed by atoms with Gasteiger partial charge in [-0.3, -0.25) is 9.59 Å². The zero-order valence-corrected chi connectivity index (χ0v) is 16.6. The van der Waals surface area contributed by atoms with E-state index in [0.717, 1.165) is 11.1 Å². The maximum atomic E-state index is 12.1. The van der Waals surface area contributed by atoms with E-state index in [1.807, 2.05) is 36.1 Å². The molecule has 0 aromatic heterocycles. The second-order valence-electron chi connectivity index (χ2n) is 6.95. The molecule has 3 rings (SSSR count). The van der Waals surface area contributed by atoms with E-state index >= 15 is 0 Å². The number of fused-ring (bicyclic) bond motifs is 1. The zero-order chi connectivity index (χ0) is 19.6. The van der Waals surface area contributed by atoms with Crippen LogP contribution in [0.1, 0.15) is 30.4 Å². The van der Waals surface area contributed by atoms with Crippen LogP contribution in [0, 0.1) is 6.92 Å². The molecule has 0 radical (unpaired) electrons. The van der Waals surface area contributed by atoms with Gasteiger partial charge in [0.15, 0.2) is 15.0 Å². The number of amides is 1. The number of aryl methyl sites for hydroxylation is 1. The summed E-state index contributed by atoms with van der Waals surface area (Å²) in [4.78, 5) is 28.8. The van der Waals surface area contributed by atoms with E-state index in [-0.39, 0.29) is 48.0 Å². The number of hydrogen-bond donors (Lipinski definition) is 1. The van der Waals surface area contributed by atoms with Crippen molar-refractivity contribution in [1.82, 2.24) is 4.90 Å². The number of sulfone groups is 1. The van der Waals surface area contributed by atoms with Crippen LogP contribution in [0.25, 0.3) is 0 Å². The number of aliphatic carboxylic acids is 1. The Balaban J connectivity index is 1.77. The van der Waals surface area contributed by atoms with Gasteiger partial charge in [0, 0.05) is 24.6 Å². The highest BCUT2D eigenvalue weighted by Crippen LogP contribution is 2.39. The Kier molecular flexibility index (Phi) is 5.90. The van der Waals surface area contributed by atoms with Gasteiger partial charge >= 0.3 is 5.97 Å². The molecule has 0 unspecified atom stereocenters. The predicted octanol–water partition coefficient (Wildman–Crippen LogP) is 1.85. The Morgan fingerprint density at radius 3 is 2.59 bits per heavy atom. The summed E-state index contributed by atoms with van der Waals surface area (Å²) in [5, 5.41) is 9.10. The molecule has 2 aliphatic heterocycles. The molecule has 0 bridgehead atoms. The molecule has 2 heterocycles. The molecule has 1 N–H and O–H groups in total. The first kappa shape index (κ1) is 19.9. The van der Waals surface area contributed by atoms with Gasteiger partial charge < -0.3 is 10.0 Å². The number of aliphatic imine (C=N–C) groups is 1. The Hall–Kier alpha value is -1.87. The quantitative estimate of drug-likeness (QED) is 0.763. The smallest absolute Gasteiger partial charge is 0.303 e. The Morgan fingerprint density at radius 1 is 1.22 bits per heavy atom. The van der Waals surface area contributed by atoms with Crippen LogP contribution in [0.5, 0.6) is 0 Å². The van der Waals surface area contributed by atoms with Crippen LogP contribution < -0.4 is 0 Å². The summed E-state index contributed by atoms with van der Waals surface area (Å²) in [6.07, 6.45) is 0.248. The summed E-state index contributed by atoms with van der Waals surface area (Å²) in [6.45, 7) is 2.49. The normalized spacial score (nSPS) is 24.9. The van der Waals surface area contributed by atoms with Crippen molar-refractivity contribution < 1.29 is 23.1 Å². The molecule has 2 saturated heterocycles. The largest absolute Gasteiger partial charge is 0.481 e. The van der Waals surface area contributed by atoms with Crippen LogP contribution in [-0.2, 0) is 26.0 Å². The summed E-state index contributed by atoms with van der Waals surface area (Å²) in [5.41, 5.74) is 2.16. The molecule has 1 aromatic rings. The van der Waals surface area contributed by atoms with Crippen molar-refractivity contribution >= 4 is 38.6 Å². The first-order valence-electron chi connectivity index (χ1n) is 8.76. The number of thioether (sulfide) groups is 1. The number of amidine groups is 1. The number of carbonyl (C=O) groups is 2. The molecule has 9 heteroatoms. The molecule has 1 aromatic carbocycles. The van der Waals surface area contributed by atoms with Crippen molar-refractivity contribution in [2.75, 3.05) is 11.5 Å². The average Bonchev–Trinajstić information content (AvgIpc) is 3.02. The lowest BCUT2D eigenvalue weighted by Crippen LogP contribution is -2.37. The maximum absolute atomic E-state index is 12.1. The minimum Gasteiger partial charge on any atom is -0.481 e. The number of carbonyl (C=O) groups excluding carboxylic acids is 1. The molecule has 0 spiro atoms. The molecule has 0 saturated carbocycles. The fraction of sp³-hybridized carbons (Fsp3) is 0.500. The van der Waals surface area contributed by atoms with Crippen molar-refractivity contribution in [3.8, 4) is 0 Å². The van der Waals surface area contributed by atoms with E-state index in [1.165, 1.54) is 11.8 Å². The summed E-state index contributed by atoms with van der Waals surface area (Å²) in [5.74, 6) is -1.14. The lowest BCUT2D eigenvalue weighted by molar-refractivity contribution is -0.137. The monoisotopic (exact) mass is 410 g/mol. The minimum atomic E-state index is -3.08. The number of carboxylic acids is 1. The van der Waals surface area contributed by atoms with Crippen molar-refractivity contribution in [2.24, 2.45) is 4.99 Å². The lowest BCUT2D eigenvalue weighted by atomic mass is 10.1. The number of nitrogens with zero attached hydrogens (tertiary/aromatic N) is 2. The maximum Gasteiger partial charge on any atom is 0.303 e. The summed E-state index contributed by atoms with van der Waals surface area (Å²) < 4.78 is 24.0. The van der Waals surface area contributed by atoms with Gasteiger partial charge in [0.25, 0.3) is 0 Å². The number of benzene rings is 1. The van der Waals surface area contributed by atoms with E-state index < -0.39 is 15.8 Å². The first-order valence-corrected chi connectivity index (χ1v) is 11.5. The Bertz CT molecular complexity index is 864. The molecule has 7 nitrogen and oxygen atoms in total. The van der Waals surface area contributed by atoms with E-state index in [9.17, 15) is 18.0 Å². The van der Waals surface area contributed by atoms with Gasteiger partial charge in [-0.2, -0.15) is 4.99 Å². The predicted molar refractivity (Wildman–Crippen MR) is 104 cm³/mol. The summed E-state index contributed by atoms with van der Waals surface area (Å²) >= 11 is 1.34. The van der Waals surface area contributed by atoms with Crippen molar-refractivity contribution in [3.05, 3.63) is 35.4 Å². The van der Waals surface area contributed by atoms with Crippen LogP contribution in [0.15, 0.2) is 29.3 Å². The summed E-state index contributed by atoms with van der Waals surface area (Å²) in [6, 6.07) is 7.78. The van der Waals surface area contributed by atoms with Gasteiger partial charge in [-0.15, -0.1) is 0 Å². The molecule has 0 aliphatic carbocycles. The second kappa shape index (κ2) is 8.02. The highest BCUT2D eigenvalue weighted by molar-refractivity contribution is 8.15. The Morgan fingerprint density at radius 2 is 1.93 bits per heavy atom. The highest BCUT2D eigenvalue weighted by Gasteiger charge is 2.48. The van der Waals surface area contributed by atoms with Crippen LogP contribution in [0.3, 0.4) is 0 Å².